The fourth-order valence-corrected chi connectivity index (χ4v) is 4.50. The summed E-state index contributed by atoms with van der Waals surface area (Å²) >= 11 is 0. The Bertz CT molecular complexity index is 1370. The van der Waals surface area contributed by atoms with E-state index in [0.717, 1.165) is 48.3 Å². The quantitative estimate of drug-likeness (QED) is 0.284. The van der Waals surface area contributed by atoms with Crippen LogP contribution < -0.4 is 11.1 Å². The van der Waals surface area contributed by atoms with E-state index >= 15 is 0 Å². The maximum Gasteiger partial charge on any atom is 0.407 e. The minimum absolute atomic E-state index is 0.161. The number of ether oxygens (including phenoxy) is 1. The first-order valence-corrected chi connectivity index (χ1v) is 13.5. The van der Waals surface area contributed by atoms with Crippen molar-refractivity contribution in [1.29, 1.82) is 0 Å². The molecular formula is C29H40N8O2. The Morgan fingerprint density at radius 2 is 1.92 bits per heavy atom. The number of nitrogens with one attached hydrogen (secondary N) is 1. The van der Waals surface area contributed by atoms with Crippen LogP contribution in [0.15, 0.2) is 55.0 Å². The molecule has 0 bridgehead atoms. The van der Waals surface area contributed by atoms with Crippen LogP contribution in [0, 0.1) is 5.41 Å². The molecule has 208 valence electrons. The van der Waals surface area contributed by atoms with Crippen LogP contribution in [-0.4, -0.2) is 55.0 Å². The zero-order valence-corrected chi connectivity index (χ0v) is 23.6. The molecule has 4 rings (SSSR count). The number of aryl methyl sites for hydroxylation is 1. The largest absolute Gasteiger partial charge is 0.445 e. The summed E-state index contributed by atoms with van der Waals surface area (Å²) in [5, 5.41) is 11.7. The molecule has 3 heterocycles. The van der Waals surface area contributed by atoms with Gasteiger partial charge in [0, 0.05) is 37.0 Å². The highest BCUT2D eigenvalue weighted by Gasteiger charge is 2.26. The van der Waals surface area contributed by atoms with Crippen LogP contribution in [0.3, 0.4) is 0 Å². The van der Waals surface area contributed by atoms with E-state index in [1.54, 1.807) is 21.6 Å². The van der Waals surface area contributed by atoms with Crippen LogP contribution in [0.2, 0.25) is 0 Å². The molecule has 0 aliphatic rings. The molecule has 1 amide bonds. The zero-order chi connectivity index (χ0) is 28.0. The lowest BCUT2D eigenvalue weighted by Crippen LogP contribution is -2.40. The third-order valence-electron chi connectivity index (χ3n) is 6.63. The Hall–Kier alpha value is -3.92. The Kier molecular flexibility index (Phi) is 8.86. The molecule has 0 radical (unpaired) electrons. The second-order valence-corrected chi connectivity index (χ2v) is 11.1. The number of amides is 1. The van der Waals surface area contributed by atoms with Gasteiger partial charge in [-0.2, -0.15) is 14.7 Å². The third-order valence-corrected chi connectivity index (χ3v) is 6.63. The number of fused-ring (bicyclic) bond motifs is 1. The summed E-state index contributed by atoms with van der Waals surface area (Å²) < 4.78 is 8.88. The van der Waals surface area contributed by atoms with Crippen LogP contribution in [0.4, 0.5) is 10.6 Å². The molecule has 4 aromatic rings. The first-order valence-electron chi connectivity index (χ1n) is 13.5. The first kappa shape index (κ1) is 28.1. The van der Waals surface area contributed by atoms with Crippen molar-refractivity contribution in [2.24, 2.45) is 12.5 Å². The van der Waals surface area contributed by atoms with Gasteiger partial charge in [-0.1, -0.05) is 58.0 Å². The van der Waals surface area contributed by atoms with E-state index in [9.17, 15) is 4.79 Å². The molecule has 10 heteroatoms. The van der Waals surface area contributed by atoms with E-state index in [-0.39, 0.29) is 18.1 Å². The summed E-state index contributed by atoms with van der Waals surface area (Å²) in [6.45, 7) is 11.1. The number of benzene rings is 1. The Labute approximate surface area is 230 Å². The van der Waals surface area contributed by atoms with Gasteiger partial charge in [0.15, 0.2) is 5.65 Å². The van der Waals surface area contributed by atoms with Crippen LogP contribution in [0.5, 0.6) is 0 Å². The highest BCUT2D eigenvalue weighted by molar-refractivity contribution is 5.77. The minimum atomic E-state index is -0.467. The molecule has 3 N–H and O–H groups in total. The highest BCUT2D eigenvalue weighted by Crippen LogP contribution is 2.29. The van der Waals surface area contributed by atoms with Crippen LogP contribution in [0.1, 0.15) is 57.8 Å². The number of carbonyl (C=O) groups is 1. The standard InChI is InChI=1S/C29H40N8O2/c1-6-13-36(14-12-29(2,3)4)25(18-31-28(38)39-20-21-10-8-7-9-11-21)24-15-26(30)37-27(34-24)23(17-33-37)22-16-32-35(5)19-22/h7-11,15-17,19,25H,6,12-14,18,20,30H2,1-5H3,(H,31,38). The number of nitrogens with two attached hydrogens (primary N) is 1. The minimum Gasteiger partial charge on any atom is -0.445 e. The summed E-state index contributed by atoms with van der Waals surface area (Å²) in [7, 11) is 1.87. The van der Waals surface area contributed by atoms with Gasteiger partial charge >= 0.3 is 6.09 Å². The molecule has 1 aromatic carbocycles. The lowest BCUT2D eigenvalue weighted by Gasteiger charge is -2.33. The maximum atomic E-state index is 12.7. The van der Waals surface area contributed by atoms with E-state index < -0.39 is 6.09 Å². The van der Waals surface area contributed by atoms with E-state index in [0.29, 0.717) is 18.0 Å². The second kappa shape index (κ2) is 12.3. The number of nitrogens with zero attached hydrogens (tertiary/aromatic N) is 6. The molecule has 1 atom stereocenters. The van der Waals surface area contributed by atoms with Gasteiger partial charge in [-0.05, 0) is 36.9 Å². The summed E-state index contributed by atoms with van der Waals surface area (Å²) in [6.07, 6.45) is 6.96. The topological polar surface area (TPSA) is 116 Å². The van der Waals surface area contributed by atoms with Crippen LogP contribution >= 0.6 is 0 Å². The van der Waals surface area contributed by atoms with Crippen molar-refractivity contribution in [3.8, 4) is 11.1 Å². The summed E-state index contributed by atoms with van der Waals surface area (Å²) in [6, 6.07) is 11.3. The zero-order valence-electron chi connectivity index (χ0n) is 23.6. The first-order chi connectivity index (χ1) is 18.6. The SMILES string of the molecule is CCCN(CCC(C)(C)C)C(CNC(=O)OCc1ccccc1)c1cc(N)n2ncc(-c3cnn(C)c3)c2n1. The molecule has 10 nitrogen and oxygen atoms in total. The van der Waals surface area contributed by atoms with Gasteiger partial charge in [-0.3, -0.25) is 9.58 Å². The monoisotopic (exact) mass is 532 g/mol. The van der Waals surface area contributed by atoms with Gasteiger partial charge in [-0.25, -0.2) is 9.78 Å². The van der Waals surface area contributed by atoms with Gasteiger partial charge in [0.1, 0.15) is 12.4 Å². The Morgan fingerprint density at radius 3 is 2.59 bits per heavy atom. The van der Waals surface area contributed by atoms with Crippen molar-refractivity contribution in [2.75, 3.05) is 25.4 Å². The second-order valence-electron chi connectivity index (χ2n) is 11.1. The van der Waals surface area contributed by atoms with Crippen LogP contribution in [-0.2, 0) is 18.4 Å². The molecule has 0 saturated heterocycles. The number of alkyl carbamates (subject to hydrolysis) is 1. The number of anilines is 1. The summed E-state index contributed by atoms with van der Waals surface area (Å²) in [5.74, 6) is 0.481. The summed E-state index contributed by atoms with van der Waals surface area (Å²) in [4.78, 5) is 20.1. The highest BCUT2D eigenvalue weighted by atomic mass is 16.5. The average molecular weight is 533 g/mol. The van der Waals surface area contributed by atoms with Crippen molar-refractivity contribution >= 4 is 17.6 Å². The number of nitrogen functional groups attached to an aromatic ring is 1. The molecule has 0 saturated carbocycles. The molecule has 39 heavy (non-hydrogen) atoms. The maximum absolute atomic E-state index is 12.7. The van der Waals surface area contributed by atoms with E-state index in [2.05, 4.69) is 48.1 Å². The van der Waals surface area contributed by atoms with Gasteiger partial charge in [0.25, 0.3) is 0 Å². The van der Waals surface area contributed by atoms with Crippen LogP contribution in [0.25, 0.3) is 16.8 Å². The average Bonchev–Trinajstić information content (AvgIpc) is 3.52. The van der Waals surface area contributed by atoms with Gasteiger partial charge < -0.3 is 15.8 Å². The lowest BCUT2D eigenvalue weighted by molar-refractivity contribution is 0.128. The van der Waals surface area contributed by atoms with Crippen molar-refractivity contribution < 1.29 is 9.53 Å². The molecular weight excluding hydrogens is 492 g/mol. The van der Waals surface area contributed by atoms with Crippen molar-refractivity contribution in [2.45, 2.75) is 53.2 Å². The molecule has 0 aliphatic carbocycles. The summed E-state index contributed by atoms with van der Waals surface area (Å²) in [5.41, 5.74) is 10.8. The predicted molar refractivity (Wildman–Crippen MR) is 153 cm³/mol. The van der Waals surface area contributed by atoms with Gasteiger partial charge in [-0.15, -0.1) is 0 Å². The van der Waals surface area contributed by atoms with Crippen molar-refractivity contribution in [1.82, 2.24) is 34.6 Å². The molecule has 0 aliphatic heterocycles. The smallest absolute Gasteiger partial charge is 0.407 e. The van der Waals surface area contributed by atoms with Crippen molar-refractivity contribution in [3.63, 3.8) is 0 Å². The number of carbonyl (C=O) groups excluding carboxylic acids is 1. The predicted octanol–water partition coefficient (Wildman–Crippen LogP) is 4.83. The van der Waals surface area contributed by atoms with E-state index in [1.165, 1.54) is 0 Å². The van der Waals surface area contributed by atoms with Gasteiger partial charge in [0.05, 0.1) is 24.1 Å². The number of rotatable bonds is 11. The van der Waals surface area contributed by atoms with Crippen molar-refractivity contribution in [3.05, 3.63) is 66.2 Å². The number of aromatic nitrogens is 5. The number of hydrogen-bond donors (Lipinski definition) is 2. The van der Waals surface area contributed by atoms with E-state index in [1.807, 2.05) is 49.6 Å². The molecule has 3 aromatic heterocycles. The Morgan fingerprint density at radius 1 is 1.15 bits per heavy atom. The third kappa shape index (κ3) is 7.35. The fraction of sp³-hybridized carbons (Fsp3) is 0.448. The van der Waals surface area contributed by atoms with E-state index in [4.69, 9.17) is 15.5 Å². The normalized spacial score (nSPS) is 12.7. The molecule has 0 spiro atoms. The Balaban J connectivity index is 1.63. The lowest BCUT2D eigenvalue weighted by atomic mass is 9.91. The number of hydrogen-bond acceptors (Lipinski definition) is 7. The molecule has 1 unspecified atom stereocenters. The fourth-order valence-electron chi connectivity index (χ4n) is 4.50. The molecule has 0 fully saturated rings. The van der Waals surface area contributed by atoms with Gasteiger partial charge in [0.2, 0.25) is 0 Å².